The summed E-state index contributed by atoms with van der Waals surface area (Å²) in [4.78, 5) is 31.9. The fourth-order valence-electron chi connectivity index (χ4n) is 4.70. The third kappa shape index (κ3) is 6.53. The first-order valence-electron chi connectivity index (χ1n) is 12.9. The van der Waals surface area contributed by atoms with Gasteiger partial charge in [0.1, 0.15) is 17.0 Å². The first kappa shape index (κ1) is 27.8. The van der Waals surface area contributed by atoms with Gasteiger partial charge in [-0.2, -0.15) is 0 Å². The van der Waals surface area contributed by atoms with Gasteiger partial charge in [-0.3, -0.25) is 0 Å². The highest BCUT2D eigenvalue weighted by atomic mass is 19.4. The zero-order valence-corrected chi connectivity index (χ0v) is 22.6. The van der Waals surface area contributed by atoms with Crippen LogP contribution in [-0.2, 0) is 17.7 Å². The summed E-state index contributed by atoms with van der Waals surface area (Å²) in [6.07, 6.45) is -1.27. The highest BCUT2D eigenvalue weighted by Gasteiger charge is 2.31. The first-order chi connectivity index (χ1) is 19.4. The van der Waals surface area contributed by atoms with E-state index in [2.05, 4.69) is 25.3 Å². The summed E-state index contributed by atoms with van der Waals surface area (Å²) in [5, 5.41) is 6.30. The Balaban J connectivity index is 1.28. The number of hydrogen-bond donors (Lipinski definition) is 2. The molecule has 0 atom stereocenters. The van der Waals surface area contributed by atoms with E-state index in [0.717, 1.165) is 34.3 Å². The van der Waals surface area contributed by atoms with Crippen LogP contribution in [0.4, 0.5) is 39.8 Å². The Morgan fingerprint density at radius 2 is 1.76 bits per heavy atom. The van der Waals surface area contributed by atoms with E-state index in [1.807, 2.05) is 24.3 Å². The van der Waals surface area contributed by atoms with Crippen molar-refractivity contribution in [2.24, 2.45) is 0 Å². The van der Waals surface area contributed by atoms with Gasteiger partial charge < -0.3 is 25.0 Å². The number of aromatic nitrogens is 2. The number of nitrogens with one attached hydrogen (secondary N) is 2. The van der Waals surface area contributed by atoms with E-state index >= 15 is 0 Å². The minimum atomic E-state index is -4.79. The van der Waals surface area contributed by atoms with Crippen LogP contribution in [-0.4, -0.2) is 40.2 Å². The molecule has 0 spiro atoms. The smallest absolute Gasteiger partial charge is 0.443 e. The maximum absolute atomic E-state index is 12.7. The summed E-state index contributed by atoms with van der Waals surface area (Å²) >= 11 is 0. The van der Waals surface area contributed by atoms with Crippen molar-refractivity contribution in [1.29, 1.82) is 0 Å². The molecule has 1 aliphatic rings. The Bertz CT molecular complexity index is 1590. The van der Waals surface area contributed by atoms with Gasteiger partial charge in [0, 0.05) is 53.5 Å². The standard InChI is InChI=1S/C29H28F3N5O4/c1-28(2,3)41-27(39)37-16-13-21-18(11-14-33-25(21)37)17-36-15-12-22-23(5-4-6-24(22)36)35-26(38)34-19-7-9-20(10-8-19)40-29(30,31)32/h4-11,13-14,16H,12,15,17H2,1-3H3,(H2,34,35,38). The highest BCUT2D eigenvalue weighted by molar-refractivity contribution is 6.01. The molecular formula is C29H28F3N5O4. The SMILES string of the molecule is CC(C)(C)OC(=O)n1ccc2c(CN3CCc4c(NC(=O)Nc5ccc(OC(F)(F)F)cc5)cccc43)ccnc21. The molecule has 3 heterocycles. The van der Waals surface area contributed by atoms with Crippen LogP contribution in [0, 0.1) is 0 Å². The molecule has 0 unspecified atom stereocenters. The zero-order chi connectivity index (χ0) is 29.4. The minimum Gasteiger partial charge on any atom is -0.443 e. The fourth-order valence-corrected chi connectivity index (χ4v) is 4.70. The number of fused-ring (bicyclic) bond motifs is 2. The van der Waals surface area contributed by atoms with Gasteiger partial charge in [0.2, 0.25) is 0 Å². The molecule has 12 heteroatoms. The molecule has 4 aromatic rings. The van der Waals surface area contributed by atoms with Crippen molar-refractivity contribution in [1.82, 2.24) is 9.55 Å². The van der Waals surface area contributed by atoms with E-state index in [9.17, 15) is 22.8 Å². The number of rotatable bonds is 5. The fraction of sp³-hybridized carbons (Fsp3) is 0.276. The molecule has 2 N–H and O–H groups in total. The van der Waals surface area contributed by atoms with Crippen LogP contribution in [0.2, 0.25) is 0 Å². The third-order valence-electron chi connectivity index (χ3n) is 6.35. The van der Waals surface area contributed by atoms with E-state index < -0.39 is 24.1 Å². The molecule has 5 rings (SSSR count). The summed E-state index contributed by atoms with van der Waals surface area (Å²) in [5.74, 6) is -0.377. The van der Waals surface area contributed by atoms with Crippen LogP contribution in [0.25, 0.3) is 11.0 Å². The molecule has 2 aromatic carbocycles. The zero-order valence-electron chi connectivity index (χ0n) is 22.6. The van der Waals surface area contributed by atoms with E-state index in [1.54, 1.807) is 39.2 Å². The number of ether oxygens (including phenoxy) is 2. The van der Waals surface area contributed by atoms with Crippen molar-refractivity contribution < 1.29 is 32.2 Å². The molecule has 0 saturated heterocycles. The number of urea groups is 1. The first-order valence-corrected chi connectivity index (χ1v) is 12.9. The van der Waals surface area contributed by atoms with Crippen LogP contribution in [0.3, 0.4) is 0 Å². The normalized spacial score (nSPS) is 13.2. The van der Waals surface area contributed by atoms with Crippen molar-refractivity contribution >= 4 is 40.2 Å². The van der Waals surface area contributed by atoms with Crippen LogP contribution < -0.4 is 20.3 Å². The average molecular weight is 568 g/mol. The number of nitrogens with zero attached hydrogens (tertiary/aromatic N) is 3. The quantitative estimate of drug-likeness (QED) is 0.272. The molecule has 0 saturated carbocycles. The van der Waals surface area contributed by atoms with Crippen molar-refractivity contribution in [3.63, 3.8) is 0 Å². The Morgan fingerprint density at radius 3 is 2.46 bits per heavy atom. The van der Waals surface area contributed by atoms with Gasteiger partial charge in [-0.1, -0.05) is 6.07 Å². The number of halogens is 3. The lowest BCUT2D eigenvalue weighted by atomic mass is 10.1. The molecule has 0 radical (unpaired) electrons. The number of benzene rings is 2. The van der Waals surface area contributed by atoms with E-state index in [-0.39, 0.29) is 5.75 Å². The van der Waals surface area contributed by atoms with Crippen LogP contribution >= 0.6 is 0 Å². The summed E-state index contributed by atoms with van der Waals surface area (Å²) in [6.45, 7) is 6.70. The maximum atomic E-state index is 12.7. The molecule has 214 valence electrons. The second-order valence-electron chi connectivity index (χ2n) is 10.5. The minimum absolute atomic E-state index is 0.311. The van der Waals surface area contributed by atoms with Crippen molar-refractivity contribution in [2.75, 3.05) is 22.1 Å². The van der Waals surface area contributed by atoms with Gasteiger partial charge in [-0.25, -0.2) is 19.1 Å². The van der Waals surface area contributed by atoms with Crippen molar-refractivity contribution in [2.45, 2.75) is 45.7 Å². The van der Waals surface area contributed by atoms with Crippen LogP contribution in [0.1, 0.15) is 31.9 Å². The molecule has 0 bridgehead atoms. The van der Waals surface area contributed by atoms with Gasteiger partial charge >= 0.3 is 18.5 Å². The molecule has 0 aliphatic carbocycles. The Hall–Kier alpha value is -4.74. The largest absolute Gasteiger partial charge is 0.573 e. The lowest BCUT2D eigenvalue weighted by Gasteiger charge is -2.21. The Morgan fingerprint density at radius 1 is 1.00 bits per heavy atom. The van der Waals surface area contributed by atoms with Gasteiger partial charge in [0.25, 0.3) is 0 Å². The number of alkyl halides is 3. The van der Waals surface area contributed by atoms with Gasteiger partial charge in [0.15, 0.2) is 0 Å². The lowest BCUT2D eigenvalue weighted by Crippen LogP contribution is -2.27. The summed E-state index contributed by atoms with van der Waals surface area (Å²) < 4.78 is 47.9. The van der Waals surface area contributed by atoms with Crippen LogP contribution in [0.5, 0.6) is 5.75 Å². The van der Waals surface area contributed by atoms with Gasteiger partial charge in [0.05, 0.1) is 0 Å². The second kappa shape index (κ2) is 10.7. The van der Waals surface area contributed by atoms with Crippen molar-refractivity contribution in [3.8, 4) is 5.75 Å². The molecule has 9 nitrogen and oxygen atoms in total. The second-order valence-corrected chi connectivity index (χ2v) is 10.5. The summed E-state index contributed by atoms with van der Waals surface area (Å²) in [5.41, 5.74) is 3.74. The monoisotopic (exact) mass is 567 g/mol. The number of carbonyl (C=O) groups excluding carboxylic acids is 2. The summed E-state index contributed by atoms with van der Waals surface area (Å²) in [6, 6.07) is 13.8. The molecule has 1 aliphatic heterocycles. The molecule has 2 amide bonds. The number of carbonyl (C=O) groups is 2. The van der Waals surface area contributed by atoms with Gasteiger partial charge in [-0.05, 0) is 81.3 Å². The average Bonchev–Trinajstić information content (AvgIpc) is 3.49. The molecular weight excluding hydrogens is 539 g/mol. The number of pyridine rings is 1. The lowest BCUT2D eigenvalue weighted by molar-refractivity contribution is -0.274. The van der Waals surface area contributed by atoms with E-state index in [0.29, 0.717) is 36.5 Å². The number of hydrogen-bond acceptors (Lipinski definition) is 6. The third-order valence-corrected chi connectivity index (χ3v) is 6.35. The van der Waals surface area contributed by atoms with Crippen molar-refractivity contribution in [3.05, 3.63) is 78.1 Å². The van der Waals surface area contributed by atoms with E-state index in [1.165, 1.54) is 16.7 Å². The molecule has 41 heavy (non-hydrogen) atoms. The molecule has 2 aromatic heterocycles. The van der Waals surface area contributed by atoms with Gasteiger partial charge in [-0.15, -0.1) is 13.2 Å². The maximum Gasteiger partial charge on any atom is 0.573 e. The number of anilines is 3. The van der Waals surface area contributed by atoms with Crippen LogP contribution in [0.15, 0.2) is 67.0 Å². The predicted octanol–water partition coefficient (Wildman–Crippen LogP) is 6.92. The van der Waals surface area contributed by atoms with E-state index in [4.69, 9.17) is 4.74 Å². The molecule has 0 fully saturated rings. The number of amides is 2. The predicted molar refractivity (Wildman–Crippen MR) is 148 cm³/mol. The Labute approximate surface area is 233 Å². The highest BCUT2D eigenvalue weighted by Crippen LogP contribution is 2.35. The topological polar surface area (TPSA) is 97.7 Å². The Kier molecular flexibility index (Phi) is 7.24. The summed E-state index contributed by atoms with van der Waals surface area (Å²) in [7, 11) is 0.